The number of nitrogens with zero attached hydrogens (tertiary/aromatic N) is 1. The number of carboxylic acids is 1. The van der Waals surface area contributed by atoms with Gasteiger partial charge in [0.25, 0.3) is 0 Å². The van der Waals surface area contributed by atoms with Crippen molar-refractivity contribution in [3.8, 4) is 0 Å². The summed E-state index contributed by atoms with van der Waals surface area (Å²) < 4.78 is 0. The number of amides is 1. The molecule has 0 bridgehead atoms. The van der Waals surface area contributed by atoms with Crippen LogP contribution in [-0.2, 0) is 14.4 Å². The molecule has 5 nitrogen and oxygen atoms in total. The third kappa shape index (κ3) is 3.11. The fourth-order valence-electron chi connectivity index (χ4n) is 3.06. The second-order valence-electron chi connectivity index (χ2n) is 5.21. The lowest BCUT2D eigenvalue weighted by Gasteiger charge is -2.27. The summed E-state index contributed by atoms with van der Waals surface area (Å²) in [5.41, 5.74) is 0. The zero-order valence-corrected chi connectivity index (χ0v) is 11.8. The molecule has 0 aromatic heterocycles. The van der Waals surface area contributed by atoms with Crippen LogP contribution < -0.4 is 0 Å². The van der Waals surface area contributed by atoms with E-state index in [-0.39, 0.29) is 22.2 Å². The van der Waals surface area contributed by atoms with Gasteiger partial charge < -0.3 is 10.0 Å². The first-order valence-electron chi connectivity index (χ1n) is 6.71. The molecule has 1 aliphatic carbocycles. The molecule has 6 heteroatoms. The largest absolute Gasteiger partial charge is 0.480 e. The lowest BCUT2D eigenvalue weighted by atomic mass is 10.1. The van der Waals surface area contributed by atoms with Crippen molar-refractivity contribution in [3.05, 3.63) is 0 Å². The number of hydrogen-bond donors (Lipinski definition) is 1. The van der Waals surface area contributed by atoms with Crippen LogP contribution in [0.4, 0.5) is 0 Å². The van der Waals surface area contributed by atoms with Crippen LogP contribution >= 0.6 is 11.8 Å². The summed E-state index contributed by atoms with van der Waals surface area (Å²) in [5.74, 6) is -1.17. The van der Waals surface area contributed by atoms with Crippen LogP contribution in [0.1, 0.15) is 39.0 Å². The van der Waals surface area contributed by atoms with Crippen LogP contribution in [0.25, 0.3) is 0 Å². The van der Waals surface area contributed by atoms with E-state index in [9.17, 15) is 14.4 Å². The molecule has 0 spiro atoms. The maximum Gasteiger partial charge on any atom is 0.326 e. The van der Waals surface area contributed by atoms with E-state index in [1.807, 2.05) is 0 Å². The quantitative estimate of drug-likeness (QED) is 0.850. The number of rotatable bonds is 3. The van der Waals surface area contributed by atoms with Crippen molar-refractivity contribution < 1.29 is 19.5 Å². The third-order valence-corrected chi connectivity index (χ3v) is 5.11. The molecule has 106 valence electrons. The van der Waals surface area contributed by atoms with Gasteiger partial charge in [0.2, 0.25) is 5.91 Å². The molecular formula is C13H19NO4S. The highest BCUT2D eigenvalue weighted by atomic mass is 32.2. The second kappa shape index (κ2) is 5.94. The van der Waals surface area contributed by atoms with E-state index in [2.05, 4.69) is 0 Å². The van der Waals surface area contributed by atoms with Crippen LogP contribution in [0.5, 0.6) is 0 Å². The Balaban J connectivity index is 2.05. The van der Waals surface area contributed by atoms with Crippen molar-refractivity contribution in [2.45, 2.75) is 50.3 Å². The highest BCUT2D eigenvalue weighted by Gasteiger charge is 2.41. The number of aliphatic carboxylic acids is 1. The Morgan fingerprint density at radius 1 is 1.16 bits per heavy atom. The van der Waals surface area contributed by atoms with Crippen LogP contribution in [0.15, 0.2) is 0 Å². The molecule has 1 aliphatic heterocycles. The average Bonchev–Trinajstić information content (AvgIpc) is 2.94. The molecule has 19 heavy (non-hydrogen) atoms. The standard InChI is InChI=1S/C13H19NO4S/c1-8(15)19-11-6-2-4-9(11)12(16)14-7-3-5-10(14)13(17)18/h9-11H,2-7H2,1H3,(H,17,18)/t9?,10-,11?/m0/s1. The number of likely N-dealkylation sites (tertiary alicyclic amines) is 1. The van der Waals surface area contributed by atoms with Crippen molar-refractivity contribution in [1.82, 2.24) is 4.90 Å². The second-order valence-corrected chi connectivity index (χ2v) is 6.63. The number of carbonyl (C=O) groups excluding carboxylic acids is 2. The fraction of sp³-hybridized carbons (Fsp3) is 0.769. The van der Waals surface area contributed by atoms with Crippen molar-refractivity contribution in [1.29, 1.82) is 0 Å². The minimum Gasteiger partial charge on any atom is -0.480 e. The van der Waals surface area contributed by atoms with Gasteiger partial charge in [0.1, 0.15) is 6.04 Å². The molecule has 1 N–H and O–H groups in total. The van der Waals surface area contributed by atoms with Gasteiger partial charge in [0, 0.05) is 18.7 Å². The molecule has 1 saturated heterocycles. The van der Waals surface area contributed by atoms with Gasteiger partial charge in [-0.15, -0.1) is 0 Å². The van der Waals surface area contributed by atoms with Gasteiger partial charge in [-0.3, -0.25) is 9.59 Å². The van der Waals surface area contributed by atoms with Crippen LogP contribution in [0.2, 0.25) is 0 Å². The third-order valence-electron chi connectivity index (χ3n) is 3.91. The van der Waals surface area contributed by atoms with Crippen molar-refractivity contribution in [3.63, 3.8) is 0 Å². The summed E-state index contributed by atoms with van der Waals surface area (Å²) in [7, 11) is 0. The van der Waals surface area contributed by atoms with Gasteiger partial charge in [-0.1, -0.05) is 18.2 Å². The van der Waals surface area contributed by atoms with E-state index in [1.165, 1.54) is 23.6 Å². The number of hydrogen-bond acceptors (Lipinski definition) is 4. The molecule has 2 rings (SSSR count). The zero-order chi connectivity index (χ0) is 14.0. The van der Waals surface area contributed by atoms with Crippen molar-refractivity contribution in [2.24, 2.45) is 5.92 Å². The van der Waals surface area contributed by atoms with E-state index in [1.54, 1.807) is 0 Å². The van der Waals surface area contributed by atoms with Gasteiger partial charge >= 0.3 is 5.97 Å². The van der Waals surface area contributed by atoms with Crippen LogP contribution in [0, 0.1) is 5.92 Å². The van der Waals surface area contributed by atoms with Crippen molar-refractivity contribution in [2.75, 3.05) is 6.54 Å². The molecule has 3 atom stereocenters. The Labute approximate surface area is 116 Å². The predicted molar refractivity (Wildman–Crippen MR) is 71.8 cm³/mol. The van der Waals surface area contributed by atoms with E-state index in [4.69, 9.17) is 5.11 Å². The Morgan fingerprint density at radius 3 is 2.53 bits per heavy atom. The van der Waals surface area contributed by atoms with E-state index in [0.29, 0.717) is 13.0 Å². The summed E-state index contributed by atoms with van der Waals surface area (Å²) in [5, 5.41) is 9.19. The summed E-state index contributed by atoms with van der Waals surface area (Å²) in [6.07, 6.45) is 3.87. The molecule has 0 aromatic carbocycles. The first kappa shape index (κ1) is 14.4. The monoisotopic (exact) mass is 285 g/mol. The smallest absolute Gasteiger partial charge is 0.326 e. The van der Waals surface area contributed by atoms with Gasteiger partial charge in [-0.25, -0.2) is 4.79 Å². The van der Waals surface area contributed by atoms with Crippen LogP contribution in [-0.4, -0.2) is 44.8 Å². The molecule has 0 aromatic rings. The first-order chi connectivity index (χ1) is 9.00. The molecular weight excluding hydrogens is 266 g/mol. The fourth-order valence-corrected chi connectivity index (χ4v) is 4.19. The zero-order valence-electron chi connectivity index (χ0n) is 11.0. The van der Waals surface area contributed by atoms with E-state index in [0.717, 1.165) is 25.7 Å². The van der Waals surface area contributed by atoms with Gasteiger partial charge in [0.05, 0.1) is 5.92 Å². The summed E-state index contributed by atoms with van der Waals surface area (Å²) >= 11 is 1.23. The van der Waals surface area contributed by atoms with E-state index >= 15 is 0 Å². The first-order valence-corrected chi connectivity index (χ1v) is 7.59. The molecule has 0 radical (unpaired) electrons. The summed E-state index contributed by atoms with van der Waals surface area (Å²) in [6.45, 7) is 2.05. The van der Waals surface area contributed by atoms with Gasteiger partial charge in [-0.2, -0.15) is 0 Å². The Morgan fingerprint density at radius 2 is 1.89 bits per heavy atom. The Bertz CT molecular complexity index is 398. The molecule has 1 amide bonds. The maximum atomic E-state index is 12.5. The van der Waals surface area contributed by atoms with Crippen LogP contribution in [0.3, 0.4) is 0 Å². The lowest BCUT2D eigenvalue weighted by Crippen LogP contribution is -2.44. The maximum absolute atomic E-state index is 12.5. The van der Waals surface area contributed by atoms with E-state index < -0.39 is 12.0 Å². The topological polar surface area (TPSA) is 74.7 Å². The van der Waals surface area contributed by atoms with Crippen molar-refractivity contribution >= 4 is 28.8 Å². The highest BCUT2D eigenvalue weighted by molar-refractivity contribution is 8.14. The van der Waals surface area contributed by atoms with Gasteiger partial charge in [0.15, 0.2) is 5.12 Å². The Kier molecular flexibility index (Phi) is 4.50. The summed E-state index contributed by atoms with van der Waals surface area (Å²) in [6, 6.07) is -0.670. The number of carbonyl (C=O) groups is 3. The number of thioether (sulfide) groups is 1. The normalized spacial score (nSPS) is 30.6. The van der Waals surface area contributed by atoms with Gasteiger partial charge in [-0.05, 0) is 25.7 Å². The minimum atomic E-state index is -0.917. The predicted octanol–water partition coefficient (Wildman–Crippen LogP) is 1.51. The number of carboxylic acid groups (broad SMARTS) is 1. The minimum absolute atomic E-state index is 0.0278. The molecule has 2 fully saturated rings. The lowest BCUT2D eigenvalue weighted by molar-refractivity contribution is -0.149. The Hall–Kier alpha value is -1.04. The highest BCUT2D eigenvalue weighted by Crippen LogP contribution is 2.37. The molecule has 1 heterocycles. The SMILES string of the molecule is CC(=O)SC1CCCC1C(=O)N1CCC[C@H]1C(=O)O. The molecule has 2 aliphatic rings. The molecule has 2 unspecified atom stereocenters. The average molecular weight is 285 g/mol. The molecule has 1 saturated carbocycles. The summed E-state index contributed by atoms with van der Waals surface area (Å²) in [4.78, 5) is 36.3.